The van der Waals surface area contributed by atoms with E-state index in [1.165, 1.54) is 0 Å². The molecule has 2 aromatic rings. The lowest BCUT2D eigenvalue weighted by atomic mass is 10.2. The van der Waals surface area contributed by atoms with Crippen molar-refractivity contribution in [1.82, 2.24) is 15.0 Å². The summed E-state index contributed by atoms with van der Waals surface area (Å²) in [6.07, 6.45) is 4.36. The molecule has 2 unspecified atom stereocenters. The lowest BCUT2D eigenvalue weighted by Gasteiger charge is -2.14. The number of amides is 1. The normalized spacial score (nSPS) is 21.4. The number of para-hydroxylation sites is 2. The molecule has 0 saturated carbocycles. The van der Waals surface area contributed by atoms with Gasteiger partial charge in [-0.3, -0.25) is 4.79 Å². The van der Waals surface area contributed by atoms with Gasteiger partial charge in [-0.1, -0.05) is 17.3 Å². The number of aromatic nitrogens is 3. The summed E-state index contributed by atoms with van der Waals surface area (Å²) in [6, 6.07) is 7.42. The summed E-state index contributed by atoms with van der Waals surface area (Å²) < 4.78 is 7.21. The number of rotatable bonds is 4. The summed E-state index contributed by atoms with van der Waals surface area (Å²) in [4.78, 5) is 12.3. The van der Waals surface area contributed by atoms with Gasteiger partial charge in [0.15, 0.2) is 0 Å². The molecule has 1 aliphatic heterocycles. The van der Waals surface area contributed by atoms with Crippen molar-refractivity contribution in [2.24, 2.45) is 5.73 Å². The number of anilines is 1. The summed E-state index contributed by atoms with van der Waals surface area (Å²) in [6.45, 7) is 0.444. The third kappa shape index (κ3) is 2.93. The number of hydrogen-bond donors (Lipinski definition) is 2. The Hall–Kier alpha value is -2.25. The van der Waals surface area contributed by atoms with Gasteiger partial charge in [-0.05, 0) is 25.0 Å². The molecule has 7 heteroatoms. The Balaban J connectivity index is 1.75. The van der Waals surface area contributed by atoms with Crippen LogP contribution in [0.15, 0.2) is 36.7 Å². The Morgan fingerprint density at radius 3 is 3.00 bits per heavy atom. The van der Waals surface area contributed by atoms with Crippen LogP contribution in [-0.4, -0.2) is 39.7 Å². The van der Waals surface area contributed by atoms with Crippen LogP contribution in [0.1, 0.15) is 12.8 Å². The number of benzene rings is 1. The average molecular weight is 287 g/mol. The maximum atomic E-state index is 12.3. The summed E-state index contributed by atoms with van der Waals surface area (Å²) >= 11 is 0. The van der Waals surface area contributed by atoms with Crippen LogP contribution in [0, 0.1) is 0 Å². The van der Waals surface area contributed by atoms with Gasteiger partial charge in [0.1, 0.15) is 6.10 Å². The van der Waals surface area contributed by atoms with Crippen LogP contribution < -0.4 is 11.1 Å². The van der Waals surface area contributed by atoms with E-state index in [-0.39, 0.29) is 12.0 Å². The molecule has 1 fully saturated rings. The second-order valence-corrected chi connectivity index (χ2v) is 4.91. The molecule has 2 atom stereocenters. The SMILES string of the molecule is NCC1CCC(C(=O)Nc2ccccc2-n2ccnn2)O1. The lowest BCUT2D eigenvalue weighted by Crippen LogP contribution is -2.30. The molecular formula is C14H17N5O2. The number of ether oxygens (including phenoxy) is 1. The molecule has 0 aliphatic carbocycles. The number of nitrogens with one attached hydrogen (secondary N) is 1. The largest absolute Gasteiger partial charge is 0.364 e. The quantitative estimate of drug-likeness (QED) is 0.863. The van der Waals surface area contributed by atoms with Crippen LogP contribution in [0.25, 0.3) is 5.69 Å². The van der Waals surface area contributed by atoms with E-state index >= 15 is 0 Å². The molecule has 1 aromatic heterocycles. The van der Waals surface area contributed by atoms with E-state index in [1.807, 2.05) is 24.3 Å². The molecule has 2 heterocycles. The van der Waals surface area contributed by atoms with Crippen molar-refractivity contribution in [3.05, 3.63) is 36.7 Å². The summed E-state index contributed by atoms with van der Waals surface area (Å²) in [5.41, 5.74) is 7.00. The molecule has 7 nitrogen and oxygen atoms in total. The zero-order valence-electron chi connectivity index (χ0n) is 11.5. The summed E-state index contributed by atoms with van der Waals surface area (Å²) in [5, 5.41) is 10.6. The van der Waals surface area contributed by atoms with Gasteiger partial charge in [0.2, 0.25) is 0 Å². The number of carbonyl (C=O) groups excluding carboxylic acids is 1. The number of carbonyl (C=O) groups is 1. The maximum absolute atomic E-state index is 12.3. The highest BCUT2D eigenvalue weighted by Gasteiger charge is 2.30. The Bertz CT molecular complexity index is 614. The van der Waals surface area contributed by atoms with Crippen molar-refractivity contribution in [3.63, 3.8) is 0 Å². The highest BCUT2D eigenvalue weighted by molar-refractivity contribution is 5.96. The van der Waals surface area contributed by atoms with Crippen molar-refractivity contribution in [2.75, 3.05) is 11.9 Å². The fourth-order valence-electron chi connectivity index (χ4n) is 2.40. The first-order valence-corrected chi connectivity index (χ1v) is 6.90. The van der Waals surface area contributed by atoms with E-state index in [4.69, 9.17) is 10.5 Å². The number of nitrogens with zero attached hydrogens (tertiary/aromatic N) is 3. The number of hydrogen-bond acceptors (Lipinski definition) is 5. The van der Waals surface area contributed by atoms with Crippen LogP contribution in [-0.2, 0) is 9.53 Å². The number of nitrogens with two attached hydrogens (primary N) is 1. The van der Waals surface area contributed by atoms with Gasteiger partial charge >= 0.3 is 0 Å². The van der Waals surface area contributed by atoms with E-state index in [0.717, 1.165) is 12.1 Å². The highest BCUT2D eigenvalue weighted by atomic mass is 16.5. The third-order valence-corrected chi connectivity index (χ3v) is 3.49. The Labute approximate surface area is 122 Å². The van der Waals surface area contributed by atoms with Gasteiger partial charge in [-0.25, -0.2) is 4.68 Å². The molecule has 0 bridgehead atoms. The molecule has 0 spiro atoms. The van der Waals surface area contributed by atoms with Gasteiger partial charge in [0.05, 0.1) is 29.9 Å². The zero-order valence-corrected chi connectivity index (χ0v) is 11.5. The second-order valence-electron chi connectivity index (χ2n) is 4.91. The predicted molar refractivity (Wildman–Crippen MR) is 76.9 cm³/mol. The summed E-state index contributed by atoms with van der Waals surface area (Å²) in [7, 11) is 0. The van der Waals surface area contributed by atoms with E-state index < -0.39 is 6.10 Å². The molecule has 1 saturated heterocycles. The Morgan fingerprint density at radius 1 is 1.43 bits per heavy atom. The molecule has 110 valence electrons. The van der Waals surface area contributed by atoms with E-state index in [0.29, 0.717) is 18.7 Å². The first-order valence-electron chi connectivity index (χ1n) is 6.90. The van der Waals surface area contributed by atoms with Crippen molar-refractivity contribution >= 4 is 11.6 Å². The van der Waals surface area contributed by atoms with Gasteiger partial charge in [-0.2, -0.15) is 0 Å². The smallest absolute Gasteiger partial charge is 0.253 e. The maximum Gasteiger partial charge on any atom is 0.253 e. The molecule has 0 radical (unpaired) electrons. The van der Waals surface area contributed by atoms with Crippen molar-refractivity contribution < 1.29 is 9.53 Å². The van der Waals surface area contributed by atoms with Crippen molar-refractivity contribution in [2.45, 2.75) is 25.0 Å². The summed E-state index contributed by atoms with van der Waals surface area (Å²) in [5.74, 6) is -0.154. The third-order valence-electron chi connectivity index (χ3n) is 3.49. The van der Waals surface area contributed by atoms with Crippen LogP contribution in [0.3, 0.4) is 0 Å². The minimum Gasteiger partial charge on any atom is -0.364 e. The van der Waals surface area contributed by atoms with Gasteiger partial charge in [-0.15, -0.1) is 5.10 Å². The van der Waals surface area contributed by atoms with Crippen molar-refractivity contribution in [1.29, 1.82) is 0 Å². The zero-order chi connectivity index (χ0) is 14.7. The molecule has 1 aromatic carbocycles. The molecular weight excluding hydrogens is 270 g/mol. The molecule has 3 rings (SSSR count). The van der Waals surface area contributed by atoms with Crippen LogP contribution in [0.5, 0.6) is 0 Å². The van der Waals surface area contributed by atoms with Crippen LogP contribution in [0.4, 0.5) is 5.69 Å². The van der Waals surface area contributed by atoms with Crippen LogP contribution in [0.2, 0.25) is 0 Å². The van der Waals surface area contributed by atoms with Gasteiger partial charge in [0.25, 0.3) is 5.91 Å². The molecule has 3 N–H and O–H groups in total. The highest BCUT2D eigenvalue weighted by Crippen LogP contribution is 2.23. The Morgan fingerprint density at radius 2 is 2.29 bits per heavy atom. The first kappa shape index (κ1) is 13.7. The monoisotopic (exact) mass is 287 g/mol. The minimum atomic E-state index is -0.442. The topological polar surface area (TPSA) is 95.1 Å². The first-order chi connectivity index (χ1) is 10.3. The fourth-order valence-corrected chi connectivity index (χ4v) is 2.40. The van der Waals surface area contributed by atoms with Crippen molar-refractivity contribution in [3.8, 4) is 5.69 Å². The standard InChI is InChI=1S/C14H17N5O2/c15-9-10-5-6-13(21-10)14(20)17-11-3-1-2-4-12(11)19-8-7-16-18-19/h1-4,7-8,10,13H,5-6,9,15H2,(H,17,20). The fraction of sp³-hybridized carbons (Fsp3) is 0.357. The van der Waals surface area contributed by atoms with Gasteiger partial charge < -0.3 is 15.8 Å². The van der Waals surface area contributed by atoms with Crippen LogP contribution >= 0.6 is 0 Å². The van der Waals surface area contributed by atoms with E-state index in [9.17, 15) is 4.79 Å². The predicted octanol–water partition coefficient (Wildman–Crippen LogP) is 0.712. The molecule has 21 heavy (non-hydrogen) atoms. The van der Waals surface area contributed by atoms with Gasteiger partial charge in [0, 0.05) is 6.54 Å². The molecule has 1 aliphatic rings. The molecule has 1 amide bonds. The van der Waals surface area contributed by atoms with E-state index in [1.54, 1.807) is 17.1 Å². The Kier molecular flexibility index (Phi) is 3.94. The average Bonchev–Trinajstić information content (AvgIpc) is 3.19. The minimum absolute atomic E-state index is 0.0219. The van der Waals surface area contributed by atoms with E-state index in [2.05, 4.69) is 15.6 Å². The second kappa shape index (κ2) is 6.02. The lowest BCUT2D eigenvalue weighted by molar-refractivity contribution is -0.126.